The maximum atomic E-state index is 12.5. The fourth-order valence-corrected chi connectivity index (χ4v) is 3.43. The average molecular weight is 490 g/mol. The van der Waals surface area contributed by atoms with Crippen molar-refractivity contribution in [1.29, 1.82) is 0 Å². The second-order valence-corrected chi connectivity index (χ2v) is 7.80. The van der Waals surface area contributed by atoms with Gasteiger partial charge in [0.2, 0.25) is 0 Å². The number of hydrogen-bond acceptors (Lipinski definition) is 7. The maximum Gasteiger partial charge on any atom is 0.287 e. The Morgan fingerprint density at radius 1 is 0.889 bits per heavy atom. The van der Waals surface area contributed by atoms with Crippen molar-refractivity contribution in [2.45, 2.75) is 0 Å². The number of para-hydroxylation sites is 3. The molecule has 9 heteroatoms. The molecule has 9 nitrogen and oxygen atoms in total. The molecule has 3 aromatic carbocycles. The molecule has 2 amide bonds. The third kappa shape index (κ3) is 6.13. The van der Waals surface area contributed by atoms with Crippen LogP contribution in [-0.2, 0) is 4.74 Å². The molecule has 0 unspecified atom stereocenters. The summed E-state index contributed by atoms with van der Waals surface area (Å²) in [6, 6.07) is 20.9. The summed E-state index contributed by atoms with van der Waals surface area (Å²) in [4.78, 5) is 24.9. The number of benzene rings is 3. The quantitative estimate of drug-likeness (QED) is 0.214. The zero-order valence-electron chi connectivity index (χ0n) is 19.8. The standard InChI is InChI=1S/C27H27N3O6/c1-33-15-16-35-23-8-4-5-19-17-24(36-25(19)23)27(32)29-13-14-34-20-11-9-18(10-12-20)26(31)30-22-7-3-2-6-21(22)28/h2-12,17H,13-16,28H2,1H3,(H,29,32)(H,30,31). The fourth-order valence-electron chi connectivity index (χ4n) is 3.43. The van der Waals surface area contributed by atoms with E-state index in [1.165, 1.54) is 0 Å². The van der Waals surface area contributed by atoms with Crippen molar-refractivity contribution in [3.05, 3.63) is 84.1 Å². The van der Waals surface area contributed by atoms with E-state index in [2.05, 4.69) is 10.6 Å². The summed E-state index contributed by atoms with van der Waals surface area (Å²) in [5.74, 6) is 0.676. The van der Waals surface area contributed by atoms with Crippen LogP contribution in [0.25, 0.3) is 11.0 Å². The van der Waals surface area contributed by atoms with Crippen LogP contribution in [0.2, 0.25) is 0 Å². The molecular formula is C27H27N3O6. The van der Waals surface area contributed by atoms with Crippen LogP contribution in [0.5, 0.6) is 11.5 Å². The minimum absolute atomic E-state index is 0.183. The average Bonchev–Trinajstić information content (AvgIpc) is 3.34. The number of carbonyl (C=O) groups is 2. The first kappa shape index (κ1) is 24.6. The van der Waals surface area contributed by atoms with Gasteiger partial charge in [0.25, 0.3) is 11.8 Å². The number of carbonyl (C=O) groups excluding carboxylic acids is 2. The summed E-state index contributed by atoms with van der Waals surface area (Å²) in [7, 11) is 1.60. The summed E-state index contributed by atoms with van der Waals surface area (Å²) in [5.41, 5.74) is 7.89. The minimum Gasteiger partial charge on any atom is -0.492 e. The largest absolute Gasteiger partial charge is 0.492 e. The Balaban J connectivity index is 1.25. The summed E-state index contributed by atoms with van der Waals surface area (Å²) in [6.07, 6.45) is 0. The third-order valence-corrected chi connectivity index (χ3v) is 5.26. The Morgan fingerprint density at radius 2 is 1.69 bits per heavy atom. The van der Waals surface area contributed by atoms with E-state index < -0.39 is 0 Å². The van der Waals surface area contributed by atoms with E-state index in [0.29, 0.717) is 47.2 Å². The predicted molar refractivity (Wildman–Crippen MR) is 137 cm³/mol. The van der Waals surface area contributed by atoms with Crippen molar-refractivity contribution in [2.75, 3.05) is 44.5 Å². The van der Waals surface area contributed by atoms with E-state index >= 15 is 0 Å². The van der Waals surface area contributed by atoms with Crippen molar-refractivity contribution in [1.82, 2.24) is 5.32 Å². The molecule has 186 valence electrons. The van der Waals surface area contributed by atoms with Crippen molar-refractivity contribution < 1.29 is 28.2 Å². The van der Waals surface area contributed by atoms with Gasteiger partial charge in [0.05, 0.1) is 24.5 Å². The third-order valence-electron chi connectivity index (χ3n) is 5.26. The normalized spacial score (nSPS) is 10.7. The lowest BCUT2D eigenvalue weighted by Crippen LogP contribution is -2.27. The van der Waals surface area contributed by atoms with Crippen LogP contribution >= 0.6 is 0 Å². The molecule has 36 heavy (non-hydrogen) atoms. The molecule has 4 N–H and O–H groups in total. The van der Waals surface area contributed by atoms with Crippen molar-refractivity contribution in [2.24, 2.45) is 0 Å². The second-order valence-electron chi connectivity index (χ2n) is 7.80. The summed E-state index contributed by atoms with van der Waals surface area (Å²) < 4.78 is 22.0. The first-order valence-corrected chi connectivity index (χ1v) is 11.4. The molecule has 0 spiro atoms. The number of nitrogens with two attached hydrogens (primary N) is 1. The number of methoxy groups -OCH3 is 1. The second kappa shape index (κ2) is 11.8. The Hall–Kier alpha value is -4.50. The van der Waals surface area contributed by atoms with Gasteiger partial charge in [-0.25, -0.2) is 0 Å². The number of furan rings is 1. The van der Waals surface area contributed by atoms with Crippen molar-refractivity contribution in [3.8, 4) is 11.5 Å². The molecule has 4 aromatic rings. The first-order valence-electron chi connectivity index (χ1n) is 11.4. The van der Waals surface area contributed by atoms with Gasteiger partial charge in [-0.1, -0.05) is 24.3 Å². The van der Waals surface area contributed by atoms with Gasteiger partial charge in [-0.15, -0.1) is 0 Å². The van der Waals surface area contributed by atoms with E-state index in [0.717, 1.165) is 5.39 Å². The van der Waals surface area contributed by atoms with Gasteiger partial charge in [0.15, 0.2) is 17.1 Å². The molecule has 0 atom stereocenters. The molecule has 0 aliphatic carbocycles. The predicted octanol–water partition coefficient (Wildman–Crippen LogP) is 4.10. The van der Waals surface area contributed by atoms with Crippen LogP contribution < -0.4 is 25.8 Å². The highest BCUT2D eigenvalue weighted by molar-refractivity contribution is 6.05. The maximum absolute atomic E-state index is 12.5. The first-order chi connectivity index (χ1) is 17.5. The molecule has 0 radical (unpaired) electrons. The molecule has 0 aliphatic rings. The summed E-state index contributed by atoms with van der Waals surface area (Å²) in [5, 5.41) is 6.32. The van der Waals surface area contributed by atoms with Crippen LogP contribution in [-0.4, -0.2) is 45.3 Å². The highest BCUT2D eigenvalue weighted by Crippen LogP contribution is 2.28. The van der Waals surface area contributed by atoms with Gasteiger partial charge in [-0.2, -0.15) is 0 Å². The highest BCUT2D eigenvalue weighted by Gasteiger charge is 2.15. The number of anilines is 2. The van der Waals surface area contributed by atoms with Crippen LogP contribution in [0.1, 0.15) is 20.9 Å². The van der Waals surface area contributed by atoms with Crippen molar-refractivity contribution in [3.63, 3.8) is 0 Å². The van der Waals surface area contributed by atoms with Gasteiger partial charge in [0, 0.05) is 18.1 Å². The van der Waals surface area contributed by atoms with E-state index in [4.69, 9.17) is 24.4 Å². The molecule has 0 saturated carbocycles. The zero-order chi connectivity index (χ0) is 25.3. The molecule has 4 rings (SSSR count). The van der Waals surface area contributed by atoms with Gasteiger partial charge < -0.3 is 35.0 Å². The van der Waals surface area contributed by atoms with Crippen LogP contribution in [0.15, 0.2) is 77.2 Å². The monoisotopic (exact) mass is 489 g/mol. The molecule has 0 fully saturated rings. The number of fused-ring (bicyclic) bond motifs is 1. The Kier molecular flexibility index (Phi) is 8.05. The smallest absolute Gasteiger partial charge is 0.287 e. The Bertz CT molecular complexity index is 1330. The fraction of sp³-hybridized carbons (Fsp3) is 0.185. The Labute approximate surface area is 208 Å². The van der Waals surface area contributed by atoms with Crippen LogP contribution in [0.3, 0.4) is 0 Å². The lowest BCUT2D eigenvalue weighted by atomic mass is 10.2. The molecule has 1 aromatic heterocycles. The van der Waals surface area contributed by atoms with Crippen LogP contribution in [0, 0.1) is 0 Å². The molecule has 0 saturated heterocycles. The Morgan fingerprint density at radius 3 is 2.47 bits per heavy atom. The van der Waals surface area contributed by atoms with E-state index in [1.807, 2.05) is 12.1 Å². The molecule has 1 heterocycles. The van der Waals surface area contributed by atoms with Gasteiger partial charge in [-0.3, -0.25) is 9.59 Å². The lowest BCUT2D eigenvalue weighted by Gasteiger charge is -2.09. The van der Waals surface area contributed by atoms with Gasteiger partial charge >= 0.3 is 0 Å². The summed E-state index contributed by atoms with van der Waals surface area (Å²) in [6.45, 7) is 1.33. The number of hydrogen-bond donors (Lipinski definition) is 3. The number of ether oxygens (including phenoxy) is 3. The topological polar surface area (TPSA) is 125 Å². The van der Waals surface area contributed by atoms with E-state index in [1.54, 1.807) is 67.8 Å². The van der Waals surface area contributed by atoms with Gasteiger partial charge in [-0.05, 0) is 48.5 Å². The minimum atomic E-state index is -0.357. The van der Waals surface area contributed by atoms with E-state index in [-0.39, 0.29) is 30.7 Å². The highest BCUT2D eigenvalue weighted by atomic mass is 16.5. The number of nitrogens with one attached hydrogen (secondary N) is 2. The number of rotatable bonds is 11. The van der Waals surface area contributed by atoms with Crippen LogP contribution in [0.4, 0.5) is 11.4 Å². The number of amides is 2. The molecule has 0 bridgehead atoms. The summed E-state index contributed by atoms with van der Waals surface area (Å²) >= 11 is 0. The molecular weight excluding hydrogens is 462 g/mol. The van der Waals surface area contributed by atoms with Crippen molar-refractivity contribution >= 4 is 34.2 Å². The molecule has 0 aliphatic heterocycles. The SMILES string of the molecule is COCCOc1cccc2cc(C(=O)NCCOc3ccc(C(=O)Nc4ccccc4N)cc3)oc12. The lowest BCUT2D eigenvalue weighted by molar-refractivity contribution is 0.0920. The zero-order valence-corrected chi connectivity index (χ0v) is 19.8. The van der Waals surface area contributed by atoms with E-state index in [9.17, 15) is 9.59 Å². The van der Waals surface area contributed by atoms with Gasteiger partial charge in [0.1, 0.15) is 19.0 Å². The number of nitrogen functional groups attached to an aromatic ring is 1.